The van der Waals surface area contributed by atoms with Gasteiger partial charge in [-0.3, -0.25) is 14.5 Å². The Morgan fingerprint density at radius 2 is 1.60 bits per heavy atom. The summed E-state index contributed by atoms with van der Waals surface area (Å²) >= 11 is 0. The summed E-state index contributed by atoms with van der Waals surface area (Å²) < 4.78 is 7.56. The Kier molecular flexibility index (Phi) is 8.13. The maximum Gasteiger partial charge on any atom is 0.254 e. The van der Waals surface area contributed by atoms with Crippen LogP contribution in [0.3, 0.4) is 0 Å². The molecule has 1 aromatic heterocycles. The molecule has 0 radical (unpaired) electrons. The Balaban J connectivity index is 1.28. The van der Waals surface area contributed by atoms with Gasteiger partial charge in [0.25, 0.3) is 5.91 Å². The molecule has 0 saturated heterocycles. The summed E-state index contributed by atoms with van der Waals surface area (Å²) in [6.07, 6.45) is 9.80. The van der Waals surface area contributed by atoms with Crippen molar-refractivity contribution in [3.63, 3.8) is 0 Å². The normalized spacial score (nSPS) is 15.6. The van der Waals surface area contributed by atoms with E-state index in [4.69, 9.17) is 4.74 Å². The number of hydrogen-bond acceptors (Lipinski definition) is 3. The van der Waals surface area contributed by atoms with Crippen molar-refractivity contribution in [2.24, 2.45) is 0 Å². The molecule has 2 amide bonds. The van der Waals surface area contributed by atoms with Crippen LogP contribution < -0.4 is 9.64 Å². The summed E-state index contributed by atoms with van der Waals surface area (Å²) in [5.41, 5.74) is 5.68. The Labute approximate surface area is 248 Å². The Morgan fingerprint density at radius 1 is 0.857 bits per heavy atom. The molecule has 6 nitrogen and oxygen atoms in total. The summed E-state index contributed by atoms with van der Waals surface area (Å²) in [6.45, 7) is 2.25. The lowest BCUT2D eigenvalue weighted by molar-refractivity contribution is -0.119. The zero-order valence-electron chi connectivity index (χ0n) is 24.5. The number of carbonyl (C=O) groups is 2. The average molecular weight is 562 g/mol. The maximum absolute atomic E-state index is 14.4. The summed E-state index contributed by atoms with van der Waals surface area (Å²) in [7, 11) is 1.65. The van der Waals surface area contributed by atoms with Crippen LogP contribution in [0, 0.1) is 0 Å². The first-order valence-electron chi connectivity index (χ1n) is 15.2. The third-order valence-electron chi connectivity index (χ3n) is 8.49. The highest BCUT2D eigenvalue weighted by Gasteiger charge is 2.40. The van der Waals surface area contributed by atoms with E-state index in [1.54, 1.807) is 12.0 Å². The molecule has 0 spiro atoms. The molecule has 0 N–H and O–H groups in total. The van der Waals surface area contributed by atoms with Crippen LogP contribution in [-0.4, -0.2) is 41.0 Å². The standard InChI is InChI=1S/C36H39N3O3/c1-3-4-5-6-10-26-14-16-28(17-15-26)36(41)38(29-20-21-29)25-34(40)39-32-12-8-7-11-31(32)37-24-9-13-33(37)35(39)27-18-22-30(42-2)23-19-27/h7-9,11-19,22-24,29,35H,3-6,10,20-21,25H2,1-2H3. The number of amides is 2. The number of nitrogens with zero attached hydrogens (tertiary/aromatic N) is 3. The van der Waals surface area contributed by atoms with Crippen LogP contribution in [0.25, 0.3) is 5.69 Å². The van der Waals surface area contributed by atoms with Gasteiger partial charge in [-0.05, 0) is 85.3 Å². The van der Waals surface area contributed by atoms with Gasteiger partial charge in [0.05, 0.1) is 24.2 Å². The summed E-state index contributed by atoms with van der Waals surface area (Å²) in [6, 6.07) is 27.7. The van der Waals surface area contributed by atoms with Gasteiger partial charge >= 0.3 is 0 Å². The topological polar surface area (TPSA) is 54.8 Å². The van der Waals surface area contributed by atoms with E-state index in [0.29, 0.717) is 5.56 Å². The van der Waals surface area contributed by atoms with Crippen LogP contribution in [0.15, 0.2) is 91.1 Å². The quantitative estimate of drug-likeness (QED) is 0.180. The molecule has 4 aromatic rings. The Hall–Kier alpha value is -4.32. The van der Waals surface area contributed by atoms with Crippen molar-refractivity contribution in [1.29, 1.82) is 0 Å². The minimum Gasteiger partial charge on any atom is -0.497 e. The van der Waals surface area contributed by atoms with Gasteiger partial charge in [0.1, 0.15) is 18.3 Å². The lowest BCUT2D eigenvalue weighted by Crippen LogP contribution is -2.47. The second-order valence-corrected chi connectivity index (χ2v) is 11.4. The van der Waals surface area contributed by atoms with Crippen molar-refractivity contribution in [2.75, 3.05) is 18.6 Å². The molecule has 42 heavy (non-hydrogen) atoms. The number of para-hydroxylation sites is 2. The zero-order chi connectivity index (χ0) is 29.1. The van der Waals surface area contributed by atoms with Gasteiger partial charge in [-0.15, -0.1) is 0 Å². The number of hydrogen-bond donors (Lipinski definition) is 0. The monoisotopic (exact) mass is 561 g/mol. The van der Waals surface area contributed by atoms with Crippen molar-refractivity contribution in [1.82, 2.24) is 9.47 Å². The molecule has 0 bridgehead atoms. The predicted octanol–water partition coefficient (Wildman–Crippen LogP) is 7.35. The first-order chi connectivity index (χ1) is 20.6. The smallest absolute Gasteiger partial charge is 0.254 e. The zero-order valence-corrected chi connectivity index (χ0v) is 24.5. The number of anilines is 1. The SMILES string of the molecule is CCCCCCc1ccc(C(=O)N(CC(=O)N2c3ccccc3-n3cccc3C2c2ccc(OC)cc2)C2CC2)cc1. The van der Waals surface area contributed by atoms with E-state index in [9.17, 15) is 9.59 Å². The molecule has 2 heterocycles. The fourth-order valence-electron chi connectivity index (χ4n) is 6.07. The van der Waals surface area contributed by atoms with Crippen LogP contribution in [0.5, 0.6) is 5.75 Å². The van der Waals surface area contributed by atoms with Crippen LogP contribution in [0.2, 0.25) is 0 Å². The maximum atomic E-state index is 14.4. The number of carbonyl (C=O) groups excluding carboxylic acids is 2. The highest BCUT2D eigenvalue weighted by atomic mass is 16.5. The lowest BCUT2D eigenvalue weighted by atomic mass is 9.97. The van der Waals surface area contributed by atoms with Gasteiger partial charge in [0, 0.05) is 17.8 Å². The first kappa shape index (κ1) is 27.8. The third kappa shape index (κ3) is 5.58. The molecule has 1 unspecified atom stereocenters. The molecule has 1 saturated carbocycles. The predicted molar refractivity (Wildman–Crippen MR) is 166 cm³/mol. The second kappa shape index (κ2) is 12.3. The van der Waals surface area contributed by atoms with E-state index in [-0.39, 0.29) is 30.4 Å². The number of ether oxygens (including phenoxy) is 1. The van der Waals surface area contributed by atoms with Gasteiger partial charge in [0.15, 0.2) is 0 Å². The number of unbranched alkanes of at least 4 members (excludes halogenated alkanes) is 3. The average Bonchev–Trinajstić information content (AvgIpc) is 3.76. The summed E-state index contributed by atoms with van der Waals surface area (Å²) in [4.78, 5) is 31.9. The van der Waals surface area contributed by atoms with E-state index in [1.165, 1.54) is 31.2 Å². The number of benzene rings is 3. The van der Waals surface area contributed by atoms with E-state index in [2.05, 4.69) is 29.7 Å². The van der Waals surface area contributed by atoms with Gasteiger partial charge in [0.2, 0.25) is 5.91 Å². The van der Waals surface area contributed by atoms with Crippen LogP contribution >= 0.6 is 0 Å². The van der Waals surface area contributed by atoms with Crippen molar-refractivity contribution < 1.29 is 14.3 Å². The van der Waals surface area contributed by atoms with Crippen LogP contribution in [0.4, 0.5) is 5.69 Å². The number of aromatic nitrogens is 1. The lowest BCUT2D eigenvalue weighted by Gasteiger charge is -2.39. The van der Waals surface area contributed by atoms with Gasteiger partial charge in [-0.1, -0.05) is 62.6 Å². The molecular formula is C36H39N3O3. The summed E-state index contributed by atoms with van der Waals surface area (Å²) in [5, 5.41) is 0. The van der Waals surface area contributed by atoms with Gasteiger partial charge < -0.3 is 14.2 Å². The van der Waals surface area contributed by atoms with E-state index in [0.717, 1.165) is 47.6 Å². The molecule has 1 aliphatic heterocycles. The highest BCUT2D eigenvalue weighted by Crippen LogP contribution is 2.43. The van der Waals surface area contributed by atoms with Gasteiger partial charge in [-0.25, -0.2) is 0 Å². The molecule has 6 rings (SSSR count). The Morgan fingerprint density at radius 3 is 2.29 bits per heavy atom. The third-order valence-corrected chi connectivity index (χ3v) is 8.49. The fraction of sp³-hybridized carbons (Fsp3) is 0.333. The molecule has 1 aliphatic carbocycles. The number of methoxy groups -OCH3 is 1. The molecule has 216 valence electrons. The largest absolute Gasteiger partial charge is 0.497 e. The van der Waals surface area contributed by atoms with Gasteiger partial charge in [-0.2, -0.15) is 0 Å². The molecular weight excluding hydrogens is 522 g/mol. The van der Waals surface area contributed by atoms with E-state index in [1.807, 2.05) is 77.8 Å². The van der Waals surface area contributed by atoms with Crippen molar-refractivity contribution in [3.8, 4) is 11.4 Å². The van der Waals surface area contributed by atoms with E-state index < -0.39 is 0 Å². The first-order valence-corrected chi connectivity index (χ1v) is 15.2. The fourth-order valence-corrected chi connectivity index (χ4v) is 6.07. The number of aryl methyl sites for hydroxylation is 1. The van der Waals surface area contributed by atoms with Crippen molar-refractivity contribution in [2.45, 2.75) is 64.0 Å². The Bertz CT molecular complexity index is 1540. The van der Waals surface area contributed by atoms with Crippen molar-refractivity contribution >= 4 is 17.5 Å². The van der Waals surface area contributed by atoms with Crippen LogP contribution in [-0.2, 0) is 11.2 Å². The summed E-state index contributed by atoms with van der Waals surface area (Å²) in [5.74, 6) is 0.599. The second-order valence-electron chi connectivity index (χ2n) is 11.4. The molecule has 1 atom stereocenters. The molecule has 1 fully saturated rings. The highest BCUT2D eigenvalue weighted by molar-refractivity contribution is 6.03. The van der Waals surface area contributed by atoms with Crippen LogP contribution in [0.1, 0.15) is 78.7 Å². The number of rotatable bonds is 11. The van der Waals surface area contributed by atoms with Crippen molar-refractivity contribution in [3.05, 3.63) is 114 Å². The number of fused-ring (bicyclic) bond motifs is 3. The molecule has 3 aromatic carbocycles. The minimum atomic E-state index is -0.337. The molecule has 2 aliphatic rings. The minimum absolute atomic E-state index is 0.0317. The molecule has 6 heteroatoms. The van der Waals surface area contributed by atoms with E-state index >= 15 is 0 Å².